The molecule has 66 valence electrons. The van der Waals surface area contributed by atoms with Gasteiger partial charge in [-0.05, 0) is 38.5 Å². The van der Waals surface area contributed by atoms with Crippen LogP contribution >= 0.6 is 0 Å². The number of allylic oxidation sites excluding steroid dienone is 2. The van der Waals surface area contributed by atoms with Crippen molar-refractivity contribution in [2.75, 3.05) is 0 Å². The topological polar surface area (TPSA) is 17.1 Å². The third kappa shape index (κ3) is 1.60. The SMILES string of the molecule is O=C1CCCC2=CCCC[C@H]1C2. The number of fused-ring (bicyclic) bond motifs is 2. The first-order valence-electron chi connectivity index (χ1n) is 5.07. The van der Waals surface area contributed by atoms with Gasteiger partial charge in [-0.15, -0.1) is 0 Å². The van der Waals surface area contributed by atoms with Crippen molar-refractivity contribution >= 4 is 5.78 Å². The van der Waals surface area contributed by atoms with Crippen molar-refractivity contribution in [1.29, 1.82) is 0 Å². The van der Waals surface area contributed by atoms with Crippen molar-refractivity contribution in [3.8, 4) is 0 Å². The summed E-state index contributed by atoms with van der Waals surface area (Å²) in [5, 5.41) is 0. The van der Waals surface area contributed by atoms with Gasteiger partial charge in [0, 0.05) is 12.3 Å². The molecule has 0 heterocycles. The summed E-state index contributed by atoms with van der Waals surface area (Å²) >= 11 is 0. The summed E-state index contributed by atoms with van der Waals surface area (Å²) in [5.74, 6) is 0.918. The molecule has 0 amide bonds. The van der Waals surface area contributed by atoms with Crippen LogP contribution in [0.1, 0.15) is 44.9 Å². The van der Waals surface area contributed by atoms with Gasteiger partial charge in [0.25, 0.3) is 0 Å². The molecule has 2 rings (SSSR count). The van der Waals surface area contributed by atoms with E-state index in [0.29, 0.717) is 11.7 Å². The highest BCUT2D eigenvalue weighted by Gasteiger charge is 2.23. The molecule has 0 N–H and O–H groups in total. The second-order valence-corrected chi connectivity index (χ2v) is 4.01. The molecule has 0 spiro atoms. The molecule has 1 saturated carbocycles. The minimum absolute atomic E-state index is 0.390. The van der Waals surface area contributed by atoms with Crippen molar-refractivity contribution in [2.24, 2.45) is 5.92 Å². The molecular weight excluding hydrogens is 148 g/mol. The van der Waals surface area contributed by atoms with Crippen LogP contribution in [0.25, 0.3) is 0 Å². The van der Waals surface area contributed by atoms with E-state index in [0.717, 1.165) is 25.7 Å². The summed E-state index contributed by atoms with van der Waals surface area (Å²) in [6.07, 6.45) is 10.1. The van der Waals surface area contributed by atoms with Crippen LogP contribution in [0.15, 0.2) is 11.6 Å². The van der Waals surface area contributed by atoms with E-state index >= 15 is 0 Å². The van der Waals surface area contributed by atoms with Crippen LogP contribution < -0.4 is 0 Å². The third-order valence-corrected chi connectivity index (χ3v) is 3.07. The molecule has 1 heteroatoms. The summed E-state index contributed by atoms with van der Waals surface area (Å²) < 4.78 is 0. The van der Waals surface area contributed by atoms with Crippen molar-refractivity contribution in [3.63, 3.8) is 0 Å². The Balaban J connectivity index is 2.17. The third-order valence-electron chi connectivity index (χ3n) is 3.07. The standard InChI is InChI=1S/C11H16O/c12-11-7-3-5-9-4-1-2-6-10(11)8-9/h4,10H,1-3,5-8H2/t10-/m0/s1. The number of ketones is 1. The van der Waals surface area contributed by atoms with Crippen molar-refractivity contribution in [1.82, 2.24) is 0 Å². The van der Waals surface area contributed by atoms with E-state index in [4.69, 9.17) is 0 Å². The Morgan fingerprint density at radius 2 is 2.17 bits per heavy atom. The van der Waals surface area contributed by atoms with Gasteiger partial charge in [0.1, 0.15) is 5.78 Å². The van der Waals surface area contributed by atoms with Crippen molar-refractivity contribution in [2.45, 2.75) is 44.9 Å². The van der Waals surface area contributed by atoms with E-state index in [9.17, 15) is 4.79 Å². The summed E-state index contributed by atoms with van der Waals surface area (Å²) in [4.78, 5) is 11.6. The summed E-state index contributed by atoms with van der Waals surface area (Å²) in [6, 6.07) is 0. The summed E-state index contributed by atoms with van der Waals surface area (Å²) in [7, 11) is 0. The lowest BCUT2D eigenvalue weighted by molar-refractivity contribution is -0.122. The molecule has 12 heavy (non-hydrogen) atoms. The number of hydrogen-bond donors (Lipinski definition) is 0. The quantitative estimate of drug-likeness (QED) is 0.503. The predicted molar refractivity (Wildman–Crippen MR) is 48.9 cm³/mol. The first-order valence-corrected chi connectivity index (χ1v) is 5.07. The van der Waals surface area contributed by atoms with Crippen LogP contribution in [0.5, 0.6) is 0 Å². The zero-order chi connectivity index (χ0) is 8.39. The predicted octanol–water partition coefficient (Wildman–Crippen LogP) is 2.86. The number of hydrogen-bond acceptors (Lipinski definition) is 1. The molecule has 0 radical (unpaired) electrons. The van der Waals surface area contributed by atoms with Gasteiger partial charge in [-0.25, -0.2) is 0 Å². The van der Waals surface area contributed by atoms with E-state index in [1.807, 2.05) is 0 Å². The number of rotatable bonds is 0. The molecule has 2 aliphatic rings. The van der Waals surface area contributed by atoms with Gasteiger partial charge < -0.3 is 0 Å². The Morgan fingerprint density at radius 1 is 1.25 bits per heavy atom. The number of Topliss-reactive ketones (excluding diaryl/α,β-unsaturated/α-hetero) is 1. The Bertz CT molecular complexity index is 215. The minimum atomic E-state index is 0.390. The normalized spacial score (nSPS) is 30.5. The molecule has 0 aromatic carbocycles. The fourth-order valence-electron chi connectivity index (χ4n) is 2.35. The molecule has 1 fully saturated rings. The smallest absolute Gasteiger partial charge is 0.136 e. The number of carbonyl (C=O) groups is 1. The Labute approximate surface area is 73.8 Å². The lowest BCUT2D eigenvalue weighted by atomic mass is 9.94. The van der Waals surface area contributed by atoms with Crippen LogP contribution in [-0.4, -0.2) is 5.78 Å². The minimum Gasteiger partial charge on any atom is -0.299 e. The molecule has 0 unspecified atom stereocenters. The monoisotopic (exact) mass is 164 g/mol. The maximum absolute atomic E-state index is 11.6. The van der Waals surface area contributed by atoms with Gasteiger partial charge in [0.2, 0.25) is 0 Å². The van der Waals surface area contributed by atoms with E-state index in [1.165, 1.54) is 19.3 Å². The molecule has 0 aromatic heterocycles. The van der Waals surface area contributed by atoms with Gasteiger partial charge in [-0.2, -0.15) is 0 Å². The molecule has 0 aromatic rings. The zero-order valence-electron chi connectivity index (χ0n) is 7.51. The van der Waals surface area contributed by atoms with E-state index in [-0.39, 0.29) is 0 Å². The highest BCUT2D eigenvalue weighted by molar-refractivity contribution is 5.81. The van der Waals surface area contributed by atoms with Crippen LogP contribution in [0.4, 0.5) is 0 Å². The average molecular weight is 164 g/mol. The van der Waals surface area contributed by atoms with Gasteiger partial charge >= 0.3 is 0 Å². The average Bonchev–Trinajstić information content (AvgIpc) is 2.38. The second-order valence-electron chi connectivity index (χ2n) is 4.01. The van der Waals surface area contributed by atoms with Crippen LogP contribution in [0.2, 0.25) is 0 Å². The van der Waals surface area contributed by atoms with Gasteiger partial charge in [-0.3, -0.25) is 4.79 Å². The molecule has 0 aliphatic heterocycles. The van der Waals surface area contributed by atoms with Crippen LogP contribution in [-0.2, 0) is 4.79 Å². The lowest BCUT2D eigenvalue weighted by Gasteiger charge is -2.09. The van der Waals surface area contributed by atoms with Crippen molar-refractivity contribution < 1.29 is 4.79 Å². The van der Waals surface area contributed by atoms with Crippen LogP contribution in [0.3, 0.4) is 0 Å². The van der Waals surface area contributed by atoms with E-state index < -0.39 is 0 Å². The second kappa shape index (κ2) is 3.42. The maximum Gasteiger partial charge on any atom is 0.136 e. The highest BCUT2D eigenvalue weighted by Crippen LogP contribution is 2.31. The highest BCUT2D eigenvalue weighted by atomic mass is 16.1. The Kier molecular flexibility index (Phi) is 2.29. The van der Waals surface area contributed by atoms with Crippen LogP contribution in [0, 0.1) is 5.92 Å². The van der Waals surface area contributed by atoms with Crippen molar-refractivity contribution in [3.05, 3.63) is 11.6 Å². The zero-order valence-corrected chi connectivity index (χ0v) is 7.51. The molecule has 2 bridgehead atoms. The Morgan fingerprint density at radius 3 is 3.08 bits per heavy atom. The fourth-order valence-corrected chi connectivity index (χ4v) is 2.35. The van der Waals surface area contributed by atoms with Gasteiger partial charge in [0.05, 0.1) is 0 Å². The summed E-state index contributed by atoms with van der Waals surface area (Å²) in [6.45, 7) is 0. The summed E-state index contributed by atoms with van der Waals surface area (Å²) in [5.41, 5.74) is 1.56. The number of carbonyl (C=O) groups excluding carboxylic acids is 1. The Hall–Kier alpha value is -0.590. The molecule has 1 nitrogen and oxygen atoms in total. The maximum atomic E-state index is 11.6. The van der Waals surface area contributed by atoms with Gasteiger partial charge in [0.15, 0.2) is 0 Å². The molecule has 1 atom stereocenters. The first kappa shape index (κ1) is 8.03. The lowest BCUT2D eigenvalue weighted by Crippen LogP contribution is -2.11. The van der Waals surface area contributed by atoms with E-state index in [2.05, 4.69) is 6.08 Å². The largest absolute Gasteiger partial charge is 0.299 e. The van der Waals surface area contributed by atoms with Gasteiger partial charge in [-0.1, -0.05) is 11.6 Å². The first-order chi connectivity index (χ1) is 5.86. The molecule has 0 saturated heterocycles. The molecular formula is C11H16O. The molecule has 2 aliphatic carbocycles. The fraction of sp³-hybridized carbons (Fsp3) is 0.727. The van der Waals surface area contributed by atoms with E-state index in [1.54, 1.807) is 5.57 Å².